The summed E-state index contributed by atoms with van der Waals surface area (Å²) in [5, 5.41) is 7.89. The molecule has 0 amide bonds. The van der Waals surface area contributed by atoms with Crippen LogP contribution in [0.15, 0.2) is 12.1 Å². The number of benzene rings is 1. The summed E-state index contributed by atoms with van der Waals surface area (Å²) in [4.78, 5) is 0.331. The minimum atomic E-state index is -4.31. The summed E-state index contributed by atoms with van der Waals surface area (Å²) in [5.41, 5.74) is 0.928. The Bertz CT molecular complexity index is 687. The van der Waals surface area contributed by atoms with Crippen LogP contribution in [0.4, 0.5) is 13.2 Å². The molecule has 0 spiro atoms. The topological polar surface area (TPSA) is 28.8 Å². The van der Waals surface area contributed by atoms with Crippen molar-refractivity contribution in [3.8, 4) is 0 Å². The second-order valence-electron chi connectivity index (χ2n) is 4.64. The van der Waals surface area contributed by atoms with Gasteiger partial charge in [-0.2, -0.15) is 13.2 Å². The van der Waals surface area contributed by atoms with Crippen molar-refractivity contribution >= 4 is 34.0 Å². The van der Waals surface area contributed by atoms with Gasteiger partial charge < -0.3 is 4.57 Å². The van der Waals surface area contributed by atoms with E-state index >= 15 is 0 Å². The van der Waals surface area contributed by atoms with Crippen LogP contribution in [0, 0.1) is 5.41 Å². The van der Waals surface area contributed by atoms with Crippen LogP contribution < -0.4 is 4.80 Å². The molecule has 1 aromatic heterocycles. The van der Waals surface area contributed by atoms with Gasteiger partial charge in [-0.05, 0) is 37.5 Å². The highest BCUT2D eigenvalue weighted by Crippen LogP contribution is 2.37. The Morgan fingerprint density at radius 2 is 2.05 bits per heavy atom. The third kappa shape index (κ3) is 2.17. The first-order valence-electron chi connectivity index (χ1n) is 5.67. The van der Waals surface area contributed by atoms with E-state index in [-0.39, 0.29) is 18.4 Å². The number of aryl methyl sites for hydroxylation is 1. The molecule has 0 fully saturated rings. The molecule has 0 saturated carbocycles. The molecule has 1 atom stereocenters. The molecule has 19 heavy (non-hydrogen) atoms. The van der Waals surface area contributed by atoms with Crippen molar-refractivity contribution in [2.75, 3.05) is 0 Å². The standard InChI is InChI=1S/C12H11F3N2S.ClH/c1-6-2-3-7-4-8(12(13,14)15)5-9-10(7)17(6)11(16)18-9;/h4-6,16H,2-3H2,1H3;1H. The zero-order chi connectivity index (χ0) is 13.1. The van der Waals surface area contributed by atoms with Gasteiger partial charge >= 0.3 is 6.18 Å². The molecule has 0 saturated heterocycles. The maximum Gasteiger partial charge on any atom is 0.416 e. The third-order valence-corrected chi connectivity index (χ3v) is 4.34. The fourth-order valence-corrected chi connectivity index (χ4v) is 3.63. The number of nitrogens with one attached hydrogen (secondary N) is 1. The molecule has 3 rings (SSSR count). The second kappa shape index (κ2) is 4.52. The molecule has 0 radical (unpaired) electrons. The first-order chi connectivity index (χ1) is 8.38. The SMILES string of the molecule is CC1CCc2cc(C(F)(F)F)cc3sc(=N)n1c23.Cl. The predicted molar refractivity (Wildman–Crippen MR) is 71.0 cm³/mol. The monoisotopic (exact) mass is 308 g/mol. The number of aromatic nitrogens is 1. The number of hydrogen-bond donors (Lipinski definition) is 1. The molecule has 7 heteroatoms. The van der Waals surface area contributed by atoms with Gasteiger partial charge in [-0.1, -0.05) is 11.3 Å². The van der Waals surface area contributed by atoms with E-state index in [2.05, 4.69) is 0 Å². The van der Waals surface area contributed by atoms with E-state index in [9.17, 15) is 13.2 Å². The average Bonchev–Trinajstić information content (AvgIpc) is 2.60. The van der Waals surface area contributed by atoms with Crippen LogP contribution in [0.25, 0.3) is 10.2 Å². The number of thiazole rings is 1. The third-order valence-electron chi connectivity index (χ3n) is 3.42. The van der Waals surface area contributed by atoms with Crippen molar-refractivity contribution < 1.29 is 13.2 Å². The first kappa shape index (κ1) is 14.4. The van der Waals surface area contributed by atoms with E-state index in [0.717, 1.165) is 29.3 Å². The highest BCUT2D eigenvalue weighted by molar-refractivity contribution is 7.16. The molecule has 1 unspecified atom stereocenters. The molecule has 2 aromatic rings. The van der Waals surface area contributed by atoms with Crippen LogP contribution in [0.3, 0.4) is 0 Å². The molecule has 104 valence electrons. The van der Waals surface area contributed by atoms with Crippen molar-refractivity contribution in [2.45, 2.75) is 32.0 Å². The lowest BCUT2D eigenvalue weighted by atomic mass is 9.98. The van der Waals surface area contributed by atoms with Crippen molar-refractivity contribution in [3.05, 3.63) is 28.1 Å². The molecule has 1 aliphatic rings. The normalized spacial score (nSPS) is 18.4. The predicted octanol–water partition coefficient (Wildman–Crippen LogP) is 4.13. The van der Waals surface area contributed by atoms with Gasteiger partial charge in [-0.25, -0.2) is 0 Å². The molecular weight excluding hydrogens is 297 g/mol. The fourth-order valence-electron chi connectivity index (χ4n) is 2.54. The fraction of sp³-hybridized carbons (Fsp3) is 0.417. The number of rotatable bonds is 0. The summed E-state index contributed by atoms with van der Waals surface area (Å²) in [6, 6.07) is 2.59. The Morgan fingerprint density at radius 3 is 2.68 bits per heavy atom. The van der Waals surface area contributed by atoms with Gasteiger partial charge in [0.1, 0.15) is 0 Å². The van der Waals surface area contributed by atoms with Gasteiger partial charge in [0.2, 0.25) is 0 Å². The highest BCUT2D eigenvalue weighted by Gasteiger charge is 2.33. The van der Waals surface area contributed by atoms with Crippen molar-refractivity contribution in [1.82, 2.24) is 4.57 Å². The van der Waals surface area contributed by atoms with Gasteiger partial charge in [0, 0.05) is 6.04 Å². The lowest BCUT2D eigenvalue weighted by molar-refractivity contribution is -0.137. The average molecular weight is 309 g/mol. The number of alkyl halides is 3. The summed E-state index contributed by atoms with van der Waals surface area (Å²) >= 11 is 1.12. The first-order valence-corrected chi connectivity index (χ1v) is 6.49. The van der Waals surface area contributed by atoms with Crippen LogP contribution in [-0.4, -0.2) is 4.57 Å². The zero-order valence-corrected chi connectivity index (χ0v) is 11.7. The van der Waals surface area contributed by atoms with Crippen LogP contribution in [0.2, 0.25) is 0 Å². The van der Waals surface area contributed by atoms with Gasteiger partial charge in [-0.15, -0.1) is 12.4 Å². The van der Waals surface area contributed by atoms with Crippen LogP contribution >= 0.6 is 23.7 Å². The van der Waals surface area contributed by atoms with E-state index < -0.39 is 11.7 Å². The molecule has 1 N–H and O–H groups in total. The van der Waals surface area contributed by atoms with Gasteiger partial charge in [0.05, 0.1) is 15.8 Å². The van der Waals surface area contributed by atoms with E-state index in [0.29, 0.717) is 21.5 Å². The molecule has 0 aliphatic carbocycles. The summed E-state index contributed by atoms with van der Waals surface area (Å²) < 4.78 is 40.8. The molecule has 0 bridgehead atoms. The van der Waals surface area contributed by atoms with E-state index in [1.807, 2.05) is 11.5 Å². The molecule has 1 aromatic carbocycles. The quantitative estimate of drug-likeness (QED) is 0.758. The minimum Gasteiger partial charge on any atom is -0.314 e. The summed E-state index contributed by atoms with van der Waals surface area (Å²) in [7, 11) is 0. The lowest BCUT2D eigenvalue weighted by Gasteiger charge is -2.22. The molecular formula is C12H12ClF3N2S. The maximum atomic E-state index is 12.8. The van der Waals surface area contributed by atoms with Crippen molar-refractivity contribution in [2.24, 2.45) is 0 Å². The molecule has 2 nitrogen and oxygen atoms in total. The summed E-state index contributed by atoms with van der Waals surface area (Å²) in [6.07, 6.45) is -2.88. The zero-order valence-electron chi connectivity index (χ0n) is 10.0. The highest BCUT2D eigenvalue weighted by atomic mass is 35.5. The summed E-state index contributed by atoms with van der Waals surface area (Å²) in [5.74, 6) is 0. The van der Waals surface area contributed by atoms with Crippen LogP contribution in [-0.2, 0) is 12.6 Å². The van der Waals surface area contributed by atoms with Crippen molar-refractivity contribution in [1.29, 1.82) is 5.41 Å². The number of halogens is 4. The summed E-state index contributed by atoms with van der Waals surface area (Å²) in [6.45, 7) is 2.00. The van der Waals surface area contributed by atoms with E-state index in [4.69, 9.17) is 5.41 Å². The lowest BCUT2D eigenvalue weighted by Crippen LogP contribution is -2.22. The van der Waals surface area contributed by atoms with Crippen LogP contribution in [0.5, 0.6) is 0 Å². The largest absolute Gasteiger partial charge is 0.416 e. The molecule has 2 heterocycles. The Kier molecular flexibility index (Phi) is 3.43. The Hall–Kier alpha value is -1.01. The smallest absolute Gasteiger partial charge is 0.314 e. The van der Waals surface area contributed by atoms with Gasteiger partial charge in [0.15, 0.2) is 4.80 Å². The van der Waals surface area contributed by atoms with Gasteiger partial charge in [-0.3, -0.25) is 5.41 Å². The minimum absolute atomic E-state index is 0. The van der Waals surface area contributed by atoms with Crippen molar-refractivity contribution in [3.63, 3.8) is 0 Å². The number of nitrogens with zero attached hydrogens (tertiary/aromatic N) is 1. The van der Waals surface area contributed by atoms with E-state index in [1.54, 1.807) is 0 Å². The Labute approximate surface area is 117 Å². The van der Waals surface area contributed by atoms with E-state index in [1.165, 1.54) is 6.07 Å². The van der Waals surface area contributed by atoms with Crippen LogP contribution in [0.1, 0.15) is 30.5 Å². The Morgan fingerprint density at radius 1 is 1.37 bits per heavy atom. The molecule has 1 aliphatic heterocycles. The number of hydrogen-bond acceptors (Lipinski definition) is 2. The second-order valence-corrected chi connectivity index (χ2v) is 5.68. The maximum absolute atomic E-state index is 12.8. The Balaban J connectivity index is 0.00000133. The van der Waals surface area contributed by atoms with Gasteiger partial charge in [0.25, 0.3) is 0 Å².